The number of ether oxygens (including phenoxy) is 1. The summed E-state index contributed by atoms with van der Waals surface area (Å²) in [6.07, 6.45) is 0. The molecule has 3 aromatic rings. The van der Waals surface area contributed by atoms with Crippen LogP contribution < -0.4 is 14.5 Å². The number of anilines is 2. The average Bonchev–Trinajstić information content (AvgIpc) is 2.93. The van der Waals surface area contributed by atoms with Crippen LogP contribution >= 0.6 is 0 Å². The number of hydrogen-bond donors (Lipinski definition) is 0. The van der Waals surface area contributed by atoms with Crippen molar-refractivity contribution in [2.24, 2.45) is 0 Å². The van der Waals surface area contributed by atoms with Crippen LogP contribution in [0.5, 0.6) is 11.5 Å². The Bertz CT molecular complexity index is 1170. The number of carbonyl (C=O) groups is 3. The predicted octanol–water partition coefficient (Wildman–Crippen LogP) is 4.26. The van der Waals surface area contributed by atoms with Gasteiger partial charge in [0.25, 0.3) is 17.7 Å². The minimum atomic E-state index is -0.400. The van der Waals surface area contributed by atoms with Crippen molar-refractivity contribution in [3.8, 4) is 11.5 Å². The Morgan fingerprint density at radius 3 is 2.07 bits per heavy atom. The molecule has 0 saturated heterocycles. The van der Waals surface area contributed by atoms with Gasteiger partial charge >= 0.3 is 0 Å². The van der Waals surface area contributed by atoms with E-state index in [1.165, 1.54) is 0 Å². The Balaban J connectivity index is 1.61. The maximum atomic E-state index is 13.2. The molecule has 6 heteroatoms. The van der Waals surface area contributed by atoms with Crippen LogP contribution in [0.3, 0.4) is 0 Å². The third-order valence-corrected chi connectivity index (χ3v) is 5.18. The normalized spacial score (nSPS) is 14.9. The van der Waals surface area contributed by atoms with Gasteiger partial charge in [-0.2, -0.15) is 0 Å². The van der Waals surface area contributed by atoms with Gasteiger partial charge in [0.1, 0.15) is 5.75 Å². The highest BCUT2D eigenvalue weighted by Gasteiger charge is 2.37. The molecule has 0 saturated carbocycles. The lowest BCUT2D eigenvalue weighted by atomic mass is 10.1. The summed E-state index contributed by atoms with van der Waals surface area (Å²) in [7, 11) is 0. The summed E-state index contributed by atoms with van der Waals surface area (Å²) in [5.41, 5.74) is 2.04. The van der Waals surface area contributed by atoms with Crippen molar-refractivity contribution < 1.29 is 19.1 Å². The Labute approximate surface area is 166 Å². The van der Waals surface area contributed by atoms with Gasteiger partial charge in [0, 0.05) is 6.54 Å². The van der Waals surface area contributed by atoms with Crippen molar-refractivity contribution in [2.45, 2.75) is 6.92 Å². The van der Waals surface area contributed by atoms with Crippen LogP contribution in [0, 0.1) is 0 Å². The summed E-state index contributed by atoms with van der Waals surface area (Å²) in [6, 6.07) is 18.8. The number of carbonyl (C=O) groups excluding carboxylic acids is 3. The minimum absolute atomic E-state index is 0.245. The second-order valence-corrected chi connectivity index (χ2v) is 6.79. The SMILES string of the molecule is CCN1C(=O)c2cc(N3C(=O)c4ccccc4C3=O)ccc2Oc2ccccc21. The number of imide groups is 1. The van der Waals surface area contributed by atoms with E-state index in [2.05, 4.69) is 0 Å². The van der Waals surface area contributed by atoms with Crippen molar-refractivity contribution in [2.75, 3.05) is 16.3 Å². The summed E-state index contributed by atoms with van der Waals surface area (Å²) in [5, 5.41) is 0. The molecule has 2 aliphatic heterocycles. The van der Waals surface area contributed by atoms with Gasteiger partial charge in [-0.1, -0.05) is 24.3 Å². The van der Waals surface area contributed by atoms with Crippen LogP contribution in [0.25, 0.3) is 0 Å². The molecule has 29 heavy (non-hydrogen) atoms. The second kappa shape index (κ2) is 6.31. The fraction of sp³-hybridized carbons (Fsp3) is 0.0870. The molecule has 0 spiro atoms. The molecule has 0 radical (unpaired) electrons. The van der Waals surface area contributed by atoms with E-state index in [4.69, 9.17) is 4.74 Å². The van der Waals surface area contributed by atoms with E-state index in [0.29, 0.717) is 46.1 Å². The van der Waals surface area contributed by atoms with Gasteiger partial charge < -0.3 is 9.64 Å². The zero-order valence-electron chi connectivity index (χ0n) is 15.6. The Kier molecular flexibility index (Phi) is 3.74. The lowest BCUT2D eigenvalue weighted by Crippen LogP contribution is -2.31. The number of benzene rings is 3. The first kappa shape index (κ1) is 17.2. The van der Waals surface area contributed by atoms with Crippen molar-refractivity contribution in [3.63, 3.8) is 0 Å². The summed E-state index contributed by atoms with van der Waals surface area (Å²) in [4.78, 5) is 41.6. The summed E-state index contributed by atoms with van der Waals surface area (Å²) < 4.78 is 5.99. The second-order valence-electron chi connectivity index (χ2n) is 6.79. The highest BCUT2D eigenvalue weighted by atomic mass is 16.5. The van der Waals surface area contributed by atoms with E-state index in [1.54, 1.807) is 53.4 Å². The molecule has 0 N–H and O–H groups in total. The highest BCUT2D eigenvalue weighted by molar-refractivity contribution is 6.34. The zero-order chi connectivity index (χ0) is 20.1. The predicted molar refractivity (Wildman–Crippen MR) is 108 cm³/mol. The molecular weight excluding hydrogens is 368 g/mol. The fourth-order valence-electron chi connectivity index (χ4n) is 3.79. The maximum absolute atomic E-state index is 13.2. The highest BCUT2D eigenvalue weighted by Crippen LogP contribution is 2.40. The molecule has 3 amide bonds. The molecule has 0 atom stereocenters. The number of para-hydroxylation sites is 2. The van der Waals surface area contributed by atoms with Crippen LogP contribution in [-0.2, 0) is 0 Å². The van der Waals surface area contributed by atoms with E-state index in [1.807, 2.05) is 25.1 Å². The van der Waals surface area contributed by atoms with E-state index in [9.17, 15) is 14.4 Å². The summed E-state index contributed by atoms with van der Waals surface area (Å²) >= 11 is 0. The Morgan fingerprint density at radius 1 is 0.724 bits per heavy atom. The molecule has 2 heterocycles. The largest absolute Gasteiger partial charge is 0.454 e. The average molecular weight is 384 g/mol. The monoisotopic (exact) mass is 384 g/mol. The lowest BCUT2D eigenvalue weighted by Gasteiger charge is -2.20. The van der Waals surface area contributed by atoms with Crippen molar-refractivity contribution in [1.82, 2.24) is 0 Å². The lowest BCUT2D eigenvalue weighted by molar-refractivity contribution is 0.0922. The van der Waals surface area contributed by atoms with Crippen LogP contribution in [0.15, 0.2) is 66.7 Å². The van der Waals surface area contributed by atoms with Crippen molar-refractivity contribution in [3.05, 3.63) is 83.4 Å². The molecule has 0 aromatic heterocycles. The van der Waals surface area contributed by atoms with Crippen LogP contribution in [0.1, 0.15) is 38.0 Å². The van der Waals surface area contributed by atoms with Crippen LogP contribution in [0.2, 0.25) is 0 Å². The van der Waals surface area contributed by atoms with Gasteiger partial charge in [-0.05, 0) is 49.4 Å². The minimum Gasteiger partial charge on any atom is -0.454 e. The molecule has 0 aliphatic carbocycles. The molecule has 0 unspecified atom stereocenters. The maximum Gasteiger partial charge on any atom is 0.266 e. The molecule has 2 aliphatic rings. The molecular formula is C23H16N2O4. The Morgan fingerprint density at radius 2 is 1.38 bits per heavy atom. The van der Waals surface area contributed by atoms with Crippen LogP contribution in [-0.4, -0.2) is 24.3 Å². The third kappa shape index (κ3) is 2.46. The fourth-order valence-corrected chi connectivity index (χ4v) is 3.79. The standard InChI is InChI=1S/C23H16N2O4/c1-2-24-18-9-5-6-10-20(18)29-19-12-11-14(13-17(19)21(24)26)25-22(27)15-7-3-4-8-16(15)23(25)28/h3-13H,2H2,1H3. The van der Waals surface area contributed by atoms with E-state index >= 15 is 0 Å². The van der Waals surface area contributed by atoms with Gasteiger partial charge in [0.05, 0.1) is 28.1 Å². The van der Waals surface area contributed by atoms with Gasteiger partial charge in [-0.15, -0.1) is 0 Å². The first-order valence-corrected chi connectivity index (χ1v) is 9.30. The summed E-state index contributed by atoms with van der Waals surface area (Å²) in [6.45, 7) is 2.34. The first-order valence-electron chi connectivity index (χ1n) is 9.30. The Hall–Kier alpha value is -3.93. The zero-order valence-corrected chi connectivity index (χ0v) is 15.6. The number of amides is 3. The number of nitrogens with zero attached hydrogens (tertiary/aromatic N) is 2. The van der Waals surface area contributed by atoms with Gasteiger partial charge in [-0.25, -0.2) is 4.90 Å². The van der Waals surface area contributed by atoms with Gasteiger partial charge in [-0.3, -0.25) is 14.4 Å². The van der Waals surface area contributed by atoms with Crippen molar-refractivity contribution in [1.29, 1.82) is 0 Å². The smallest absolute Gasteiger partial charge is 0.266 e. The van der Waals surface area contributed by atoms with Crippen molar-refractivity contribution >= 4 is 29.1 Å². The molecule has 6 nitrogen and oxygen atoms in total. The number of hydrogen-bond acceptors (Lipinski definition) is 4. The van der Waals surface area contributed by atoms with E-state index in [-0.39, 0.29) is 5.91 Å². The molecule has 142 valence electrons. The topological polar surface area (TPSA) is 66.9 Å². The van der Waals surface area contributed by atoms with E-state index < -0.39 is 11.8 Å². The number of fused-ring (bicyclic) bond motifs is 3. The van der Waals surface area contributed by atoms with E-state index in [0.717, 1.165) is 4.90 Å². The third-order valence-electron chi connectivity index (χ3n) is 5.18. The first-order chi connectivity index (χ1) is 14.1. The summed E-state index contributed by atoms with van der Waals surface area (Å²) in [5.74, 6) is -0.0778. The van der Waals surface area contributed by atoms with Crippen LogP contribution in [0.4, 0.5) is 11.4 Å². The molecule has 3 aromatic carbocycles. The quantitative estimate of drug-likeness (QED) is 0.619. The van der Waals surface area contributed by atoms with Gasteiger partial charge in [0.2, 0.25) is 0 Å². The molecule has 5 rings (SSSR count). The molecule has 0 fully saturated rings. The molecule has 0 bridgehead atoms. The van der Waals surface area contributed by atoms with Gasteiger partial charge in [0.15, 0.2) is 5.75 Å². The number of rotatable bonds is 2.